The zero-order chi connectivity index (χ0) is 7.78. The molecule has 0 unspecified atom stereocenters. The van der Waals surface area contributed by atoms with Crippen molar-refractivity contribution in [2.24, 2.45) is 0 Å². The largest absolute Gasteiger partial charge is 0.368 e. The van der Waals surface area contributed by atoms with E-state index in [4.69, 9.17) is 0 Å². The molecular formula is C9H10CoN2. The molecule has 0 saturated carbocycles. The molecule has 1 radical (unpaired) electrons. The summed E-state index contributed by atoms with van der Waals surface area (Å²) in [6, 6.07) is 9.60. The van der Waals surface area contributed by atoms with Crippen molar-refractivity contribution >= 4 is 0 Å². The van der Waals surface area contributed by atoms with Gasteiger partial charge in [0.1, 0.15) is 0 Å². The SMILES string of the molecule is [Co].c1cc[nH]c1.c1ccncc1. The van der Waals surface area contributed by atoms with Gasteiger partial charge in [0.2, 0.25) is 0 Å². The van der Waals surface area contributed by atoms with E-state index in [-0.39, 0.29) is 16.8 Å². The third-order valence-electron chi connectivity index (χ3n) is 1.06. The maximum Gasteiger partial charge on any atom is 0.0267 e. The van der Waals surface area contributed by atoms with Gasteiger partial charge in [0.15, 0.2) is 0 Å². The van der Waals surface area contributed by atoms with Crippen molar-refractivity contribution in [3.8, 4) is 0 Å². The van der Waals surface area contributed by atoms with E-state index in [1.165, 1.54) is 0 Å². The molecular weight excluding hydrogens is 195 g/mol. The van der Waals surface area contributed by atoms with Crippen LogP contribution < -0.4 is 0 Å². The summed E-state index contributed by atoms with van der Waals surface area (Å²) >= 11 is 0. The molecule has 0 aromatic carbocycles. The van der Waals surface area contributed by atoms with Crippen LogP contribution in [-0.4, -0.2) is 9.97 Å². The number of rotatable bonds is 0. The molecule has 65 valence electrons. The second-order valence-electron chi connectivity index (χ2n) is 1.91. The quantitative estimate of drug-likeness (QED) is 0.700. The second kappa shape index (κ2) is 8.04. The van der Waals surface area contributed by atoms with E-state index >= 15 is 0 Å². The molecule has 0 amide bonds. The standard InChI is InChI=1S/C5H5N.C4H5N.Co/c1-2-4-6-5-3-1;1-2-4-5-3-1;/h1-5H;1-5H;. The molecule has 0 saturated heterocycles. The van der Waals surface area contributed by atoms with E-state index < -0.39 is 0 Å². The van der Waals surface area contributed by atoms with Gasteiger partial charge in [-0.2, -0.15) is 0 Å². The van der Waals surface area contributed by atoms with Gasteiger partial charge in [-0.25, -0.2) is 0 Å². The van der Waals surface area contributed by atoms with Crippen LogP contribution in [0, 0.1) is 0 Å². The van der Waals surface area contributed by atoms with Crippen molar-refractivity contribution in [3.63, 3.8) is 0 Å². The number of hydrogen-bond donors (Lipinski definition) is 1. The van der Waals surface area contributed by atoms with Crippen LogP contribution in [0.25, 0.3) is 0 Å². The first-order valence-corrected chi connectivity index (χ1v) is 3.43. The number of aromatic nitrogens is 2. The van der Waals surface area contributed by atoms with Gasteiger partial charge in [0.05, 0.1) is 0 Å². The molecule has 2 aromatic rings. The molecule has 0 aliphatic carbocycles. The second-order valence-corrected chi connectivity index (χ2v) is 1.91. The molecule has 0 atom stereocenters. The van der Waals surface area contributed by atoms with Crippen LogP contribution in [0.15, 0.2) is 55.1 Å². The number of aromatic amines is 1. The number of pyridine rings is 1. The van der Waals surface area contributed by atoms with Gasteiger partial charge in [0.25, 0.3) is 0 Å². The zero-order valence-electron chi connectivity index (χ0n) is 6.48. The zero-order valence-corrected chi connectivity index (χ0v) is 7.52. The summed E-state index contributed by atoms with van der Waals surface area (Å²) in [6.07, 6.45) is 7.25. The molecule has 0 aliphatic heterocycles. The number of nitrogens with one attached hydrogen (secondary N) is 1. The molecule has 0 spiro atoms. The Balaban J connectivity index is 0.000000189. The Kier molecular flexibility index (Phi) is 7.32. The Morgan fingerprint density at radius 1 is 0.750 bits per heavy atom. The van der Waals surface area contributed by atoms with Crippen LogP contribution in [0.4, 0.5) is 0 Å². The first-order valence-electron chi connectivity index (χ1n) is 3.43. The predicted molar refractivity (Wildman–Crippen MR) is 45.0 cm³/mol. The first-order chi connectivity index (χ1) is 5.50. The van der Waals surface area contributed by atoms with Crippen LogP contribution in [0.5, 0.6) is 0 Å². The monoisotopic (exact) mass is 205 g/mol. The molecule has 0 fully saturated rings. The summed E-state index contributed by atoms with van der Waals surface area (Å²) in [6.45, 7) is 0. The molecule has 0 bridgehead atoms. The normalized spacial score (nSPS) is 7.33. The van der Waals surface area contributed by atoms with Gasteiger partial charge in [-0.1, -0.05) is 6.07 Å². The van der Waals surface area contributed by atoms with E-state index in [1.54, 1.807) is 12.4 Å². The van der Waals surface area contributed by atoms with Crippen LogP contribution >= 0.6 is 0 Å². The number of H-pyrrole nitrogens is 1. The van der Waals surface area contributed by atoms with E-state index in [0.29, 0.717) is 0 Å². The van der Waals surface area contributed by atoms with Crippen molar-refractivity contribution in [1.29, 1.82) is 0 Å². The van der Waals surface area contributed by atoms with Gasteiger partial charge in [-0.15, -0.1) is 0 Å². The Labute approximate surface area is 82.2 Å². The topological polar surface area (TPSA) is 28.7 Å². The fourth-order valence-corrected chi connectivity index (χ4v) is 0.590. The van der Waals surface area contributed by atoms with Gasteiger partial charge < -0.3 is 4.98 Å². The van der Waals surface area contributed by atoms with Crippen molar-refractivity contribution < 1.29 is 16.8 Å². The molecule has 0 aliphatic rings. The fourth-order valence-electron chi connectivity index (χ4n) is 0.590. The number of hydrogen-bond acceptors (Lipinski definition) is 1. The fraction of sp³-hybridized carbons (Fsp3) is 0. The van der Waals surface area contributed by atoms with E-state index in [0.717, 1.165) is 0 Å². The maximum absolute atomic E-state index is 3.78. The molecule has 2 nitrogen and oxygen atoms in total. The molecule has 1 N–H and O–H groups in total. The van der Waals surface area contributed by atoms with Crippen LogP contribution in [0.2, 0.25) is 0 Å². The van der Waals surface area contributed by atoms with Crippen LogP contribution in [0.1, 0.15) is 0 Å². The summed E-state index contributed by atoms with van der Waals surface area (Å²) in [4.78, 5) is 6.65. The third kappa shape index (κ3) is 5.70. The number of nitrogens with zero attached hydrogens (tertiary/aromatic N) is 1. The van der Waals surface area contributed by atoms with Gasteiger partial charge in [-0.05, 0) is 24.3 Å². The summed E-state index contributed by atoms with van der Waals surface area (Å²) in [7, 11) is 0. The Hall–Kier alpha value is -1.06. The summed E-state index contributed by atoms with van der Waals surface area (Å²) in [5.41, 5.74) is 0. The van der Waals surface area contributed by atoms with Crippen LogP contribution in [0.3, 0.4) is 0 Å². The molecule has 3 heteroatoms. The van der Waals surface area contributed by atoms with Gasteiger partial charge in [0, 0.05) is 41.6 Å². The summed E-state index contributed by atoms with van der Waals surface area (Å²) in [5.74, 6) is 0. The van der Waals surface area contributed by atoms with Crippen LogP contribution in [-0.2, 0) is 16.8 Å². The Bertz CT molecular complexity index is 198. The van der Waals surface area contributed by atoms with Crippen molar-refractivity contribution in [2.75, 3.05) is 0 Å². The minimum atomic E-state index is 0. The Morgan fingerprint density at radius 2 is 1.33 bits per heavy atom. The van der Waals surface area contributed by atoms with Crippen molar-refractivity contribution in [1.82, 2.24) is 9.97 Å². The van der Waals surface area contributed by atoms with Crippen molar-refractivity contribution in [2.45, 2.75) is 0 Å². The summed E-state index contributed by atoms with van der Waals surface area (Å²) in [5, 5.41) is 0. The van der Waals surface area contributed by atoms with E-state index in [2.05, 4.69) is 9.97 Å². The van der Waals surface area contributed by atoms with Gasteiger partial charge >= 0.3 is 0 Å². The predicted octanol–water partition coefficient (Wildman–Crippen LogP) is 2.09. The Morgan fingerprint density at radius 3 is 1.50 bits per heavy atom. The molecule has 2 aromatic heterocycles. The minimum absolute atomic E-state index is 0. The van der Waals surface area contributed by atoms with E-state index in [9.17, 15) is 0 Å². The molecule has 2 heterocycles. The molecule has 12 heavy (non-hydrogen) atoms. The van der Waals surface area contributed by atoms with Gasteiger partial charge in [-0.3, -0.25) is 4.98 Å². The maximum atomic E-state index is 3.78. The minimum Gasteiger partial charge on any atom is -0.368 e. The average molecular weight is 205 g/mol. The van der Waals surface area contributed by atoms with Crippen molar-refractivity contribution in [3.05, 3.63) is 55.1 Å². The molecule has 2 rings (SSSR count). The first kappa shape index (κ1) is 10.9. The van der Waals surface area contributed by atoms with E-state index in [1.807, 2.05) is 42.7 Å². The third-order valence-corrected chi connectivity index (χ3v) is 1.06. The average Bonchev–Trinajstić information content (AvgIpc) is 2.64. The summed E-state index contributed by atoms with van der Waals surface area (Å²) < 4.78 is 0. The smallest absolute Gasteiger partial charge is 0.0267 e.